The number of rotatable bonds is 4. The molecule has 0 aliphatic carbocycles. The standard InChI is InChI=1S/C8H16N2/c1-7(2)5-4-6-8(3)9-10-8/h7H,4-6H2,1-3H3. The van der Waals surface area contributed by atoms with Gasteiger partial charge in [0.2, 0.25) is 0 Å². The predicted octanol–water partition coefficient (Wildman–Crippen LogP) is 2.99. The van der Waals surface area contributed by atoms with E-state index < -0.39 is 0 Å². The molecule has 0 aromatic heterocycles. The summed E-state index contributed by atoms with van der Waals surface area (Å²) in [7, 11) is 0. The SMILES string of the molecule is CC(C)CCCC1(C)N=N1. The summed E-state index contributed by atoms with van der Waals surface area (Å²) < 4.78 is 0. The lowest BCUT2D eigenvalue weighted by Gasteiger charge is -2.05. The van der Waals surface area contributed by atoms with Gasteiger partial charge in [-0.05, 0) is 25.7 Å². The monoisotopic (exact) mass is 140 g/mol. The molecule has 0 radical (unpaired) electrons. The Morgan fingerprint density at radius 1 is 1.30 bits per heavy atom. The molecule has 0 N–H and O–H groups in total. The van der Waals surface area contributed by atoms with Crippen LogP contribution in [0.2, 0.25) is 0 Å². The Labute approximate surface area is 62.7 Å². The van der Waals surface area contributed by atoms with Gasteiger partial charge >= 0.3 is 0 Å². The Hall–Kier alpha value is -0.400. The molecule has 0 aromatic rings. The predicted molar refractivity (Wildman–Crippen MR) is 42.0 cm³/mol. The summed E-state index contributed by atoms with van der Waals surface area (Å²) >= 11 is 0. The first-order valence-corrected chi connectivity index (χ1v) is 4.06. The molecule has 0 unspecified atom stereocenters. The van der Waals surface area contributed by atoms with Gasteiger partial charge in [0, 0.05) is 0 Å². The van der Waals surface area contributed by atoms with Gasteiger partial charge in [0.25, 0.3) is 0 Å². The fourth-order valence-electron chi connectivity index (χ4n) is 1.03. The highest BCUT2D eigenvalue weighted by Crippen LogP contribution is 2.32. The third-order valence-corrected chi connectivity index (χ3v) is 1.87. The summed E-state index contributed by atoms with van der Waals surface area (Å²) in [5.74, 6) is 0.822. The first-order chi connectivity index (χ1) is 4.62. The van der Waals surface area contributed by atoms with E-state index in [4.69, 9.17) is 0 Å². The van der Waals surface area contributed by atoms with Crippen molar-refractivity contribution in [3.63, 3.8) is 0 Å². The average molecular weight is 140 g/mol. The maximum atomic E-state index is 3.96. The molecule has 1 heterocycles. The zero-order chi connectivity index (χ0) is 7.61. The van der Waals surface area contributed by atoms with Crippen molar-refractivity contribution in [1.82, 2.24) is 0 Å². The van der Waals surface area contributed by atoms with E-state index in [9.17, 15) is 0 Å². The second-order valence-corrected chi connectivity index (χ2v) is 3.70. The third kappa shape index (κ3) is 2.46. The van der Waals surface area contributed by atoms with Crippen LogP contribution in [0.15, 0.2) is 10.2 Å². The van der Waals surface area contributed by atoms with Gasteiger partial charge in [-0.3, -0.25) is 0 Å². The molecule has 0 aromatic carbocycles. The fourth-order valence-corrected chi connectivity index (χ4v) is 1.03. The van der Waals surface area contributed by atoms with Gasteiger partial charge in [-0.25, -0.2) is 0 Å². The summed E-state index contributed by atoms with van der Waals surface area (Å²) in [5, 5.41) is 7.91. The third-order valence-electron chi connectivity index (χ3n) is 1.87. The van der Waals surface area contributed by atoms with Crippen LogP contribution in [0.5, 0.6) is 0 Å². The molecular weight excluding hydrogens is 124 g/mol. The smallest absolute Gasteiger partial charge is 0.159 e. The van der Waals surface area contributed by atoms with Crippen LogP contribution in [0.3, 0.4) is 0 Å². The van der Waals surface area contributed by atoms with Crippen molar-refractivity contribution in [1.29, 1.82) is 0 Å². The van der Waals surface area contributed by atoms with E-state index in [-0.39, 0.29) is 5.66 Å². The first-order valence-electron chi connectivity index (χ1n) is 4.06. The van der Waals surface area contributed by atoms with Crippen molar-refractivity contribution < 1.29 is 0 Å². The molecule has 0 spiro atoms. The molecule has 2 heteroatoms. The summed E-state index contributed by atoms with van der Waals surface area (Å²) in [6, 6.07) is 0. The molecule has 1 aliphatic heterocycles. The van der Waals surface area contributed by atoms with E-state index >= 15 is 0 Å². The Bertz CT molecular complexity index is 132. The maximum Gasteiger partial charge on any atom is 0.188 e. The normalized spacial score (nSPS) is 20.0. The zero-order valence-corrected chi connectivity index (χ0v) is 7.09. The summed E-state index contributed by atoms with van der Waals surface area (Å²) in [4.78, 5) is 0. The fraction of sp³-hybridized carbons (Fsp3) is 1.00. The zero-order valence-electron chi connectivity index (χ0n) is 7.09. The van der Waals surface area contributed by atoms with Crippen molar-refractivity contribution in [2.24, 2.45) is 16.1 Å². The second-order valence-electron chi connectivity index (χ2n) is 3.70. The summed E-state index contributed by atoms with van der Waals surface area (Å²) in [5.41, 5.74) is 0.0366. The van der Waals surface area contributed by atoms with E-state index in [0.29, 0.717) is 0 Å². The van der Waals surface area contributed by atoms with E-state index in [0.717, 1.165) is 12.3 Å². The molecule has 58 valence electrons. The summed E-state index contributed by atoms with van der Waals surface area (Å²) in [6.07, 6.45) is 3.72. The lowest BCUT2D eigenvalue weighted by molar-refractivity contribution is 0.487. The Morgan fingerprint density at radius 2 is 1.90 bits per heavy atom. The lowest BCUT2D eigenvalue weighted by atomic mass is 10.0. The van der Waals surface area contributed by atoms with Crippen LogP contribution in [0.25, 0.3) is 0 Å². The van der Waals surface area contributed by atoms with E-state index in [1.165, 1.54) is 12.8 Å². The van der Waals surface area contributed by atoms with Crippen LogP contribution in [0.1, 0.15) is 40.0 Å². The quantitative estimate of drug-likeness (QED) is 0.573. The van der Waals surface area contributed by atoms with E-state index in [1.54, 1.807) is 0 Å². The van der Waals surface area contributed by atoms with Crippen LogP contribution in [0, 0.1) is 5.92 Å². The highest BCUT2D eigenvalue weighted by Gasteiger charge is 2.32. The average Bonchev–Trinajstić information content (AvgIpc) is 2.47. The minimum Gasteiger partial charge on any atom is -0.159 e. The van der Waals surface area contributed by atoms with Gasteiger partial charge < -0.3 is 0 Å². The molecule has 1 aliphatic rings. The van der Waals surface area contributed by atoms with Crippen molar-refractivity contribution in [2.75, 3.05) is 0 Å². The van der Waals surface area contributed by atoms with Gasteiger partial charge in [0.15, 0.2) is 5.66 Å². The second kappa shape index (κ2) is 2.69. The molecule has 2 nitrogen and oxygen atoms in total. The highest BCUT2D eigenvalue weighted by atomic mass is 15.4. The first kappa shape index (κ1) is 7.70. The van der Waals surface area contributed by atoms with E-state index in [1.807, 2.05) is 0 Å². The molecule has 0 saturated carbocycles. The maximum absolute atomic E-state index is 3.96. The largest absolute Gasteiger partial charge is 0.188 e. The molecule has 0 saturated heterocycles. The van der Waals surface area contributed by atoms with Gasteiger partial charge in [-0.1, -0.05) is 20.3 Å². The van der Waals surface area contributed by atoms with Crippen molar-refractivity contribution in [2.45, 2.75) is 45.7 Å². The Kier molecular flexibility index (Phi) is 2.07. The molecule has 0 fully saturated rings. The van der Waals surface area contributed by atoms with Gasteiger partial charge in [0.05, 0.1) is 0 Å². The Balaban J connectivity index is 1.96. The topological polar surface area (TPSA) is 24.7 Å². The lowest BCUT2D eigenvalue weighted by Crippen LogP contribution is -2.03. The van der Waals surface area contributed by atoms with Crippen LogP contribution in [0.4, 0.5) is 0 Å². The van der Waals surface area contributed by atoms with Crippen molar-refractivity contribution in [3.8, 4) is 0 Å². The van der Waals surface area contributed by atoms with Crippen LogP contribution >= 0.6 is 0 Å². The van der Waals surface area contributed by atoms with Crippen LogP contribution < -0.4 is 0 Å². The van der Waals surface area contributed by atoms with Gasteiger partial charge in [-0.2, -0.15) is 10.2 Å². The molecular formula is C8H16N2. The molecule has 0 bridgehead atoms. The molecule has 0 amide bonds. The summed E-state index contributed by atoms with van der Waals surface area (Å²) in [6.45, 7) is 6.60. The van der Waals surface area contributed by atoms with E-state index in [2.05, 4.69) is 31.0 Å². The van der Waals surface area contributed by atoms with Gasteiger partial charge in [-0.15, -0.1) is 0 Å². The Morgan fingerprint density at radius 3 is 2.30 bits per heavy atom. The number of nitrogens with zero attached hydrogens (tertiary/aromatic N) is 2. The van der Waals surface area contributed by atoms with Crippen molar-refractivity contribution in [3.05, 3.63) is 0 Å². The minimum absolute atomic E-state index is 0.0366. The number of hydrogen-bond acceptors (Lipinski definition) is 2. The van der Waals surface area contributed by atoms with Crippen LogP contribution in [-0.4, -0.2) is 5.66 Å². The van der Waals surface area contributed by atoms with Crippen LogP contribution in [-0.2, 0) is 0 Å². The molecule has 0 atom stereocenters. The molecule has 10 heavy (non-hydrogen) atoms. The molecule has 1 rings (SSSR count). The van der Waals surface area contributed by atoms with Gasteiger partial charge in [0.1, 0.15) is 0 Å². The highest BCUT2D eigenvalue weighted by molar-refractivity contribution is 4.87. The number of hydrogen-bond donors (Lipinski definition) is 0. The minimum atomic E-state index is 0.0366. The van der Waals surface area contributed by atoms with Crippen molar-refractivity contribution >= 4 is 0 Å².